The first kappa shape index (κ1) is 39.3. The molecule has 0 bridgehead atoms. The molecule has 2 amide bonds. The van der Waals surface area contributed by atoms with Gasteiger partial charge < -0.3 is 39.6 Å². The maximum absolute atomic E-state index is 11.8. The number of urea groups is 1. The van der Waals surface area contributed by atoms with Gasteiger partial charge in [0.2, 0.25) is 0 Å². The number of rotatable bonds is 18. The molecule has 2 heterocycles. The summed E-state index contributed by atoms with van der Waals surface area (Å²) in [5, 5.41) is 28.0. The molecule has 282 valence electrons. The van der Waals surface area contributed by atoms with E-state index in [2.05, 4.69) is 33.1 Å². The number of sulfone groups is 1. The molecule has 14 nitrogen and oxygen atoms in total. The highest BCUT2D eigenvalue weighted by atomic mass is 32.2. The zero-order valence-corrected chi connectivity index (χ0v) is 31.0. The maximum Gasteiger partial charge on any atom is 0.314 e. The van der Waals surface area contributed by atoms with Gasteiger partial charge >= 0.3 is 6.03 Å². The van der Waals surface area contributed by atoms with E-state index < -0.39 is 15.9 Å². The van der Waals surface area contributed by atoms with Crippen LogP contribution in [0.5, 0.6) is 23.0 Å². The number of fused-ring (bicyclic) bond motifs is 1. The number of hydrogen-bond acceptors (Lipinski definition) is 12. The average Bonchev–Trinajstić information content (AvgIpc) is 3.17. The van der Waals surface area contributed by atoms with Gasteiger partial charge in [-0.25, -0.2) is 13.2 Å². The third-order valence-electron chi connectivity index (χ3n) is 8.20. The Labute approximate surface area is 314 Å². The molecule has 0 radical (unpaired) electrons. The highest BCUT2D eigenvalue weighted by Gasteiger charge is 2.17. The number of carbonyl (C=O) groups is 1. The lowest BCUT2D eigenvalue weighted by Crippen LogP contribution is -2.39. The molecule has 0 aliphatic carbocycles. The standard InChI is InChI=1S/C39H42N6O8S/c1-27-16-32(24-42-8-11-49-12-9-44-39(46)45-10-15-54(2,47)48)37(52-25-29-17-28(20-40)22-43-23-29)19-36(27)53-26-31-4-3-5-33(34(31)21-41)30-6-7-35-38(18-30)51-14-13-50-35/h3-7,16-19,22-23,42H,8-15,24-26H2,1-2H3,(H2,44,45,46). The molecular weight excluding hydrogens is 713 g/mol. The van der Waals surface area contributed by atoms with Gasteiger partial charge in [-0.2, -0.15) is 10.5 Å². The topological polar surface area (TPSA) is 194 Å². The number of amides is 2. The predicted octanol–water partition coefficient (Wildman–Crippen LogP) is 4.18. The van der Waals surface area contributed by atoms with E-state index in [0.29, 0.717) is 67.0 Å². The summed E-state index contributed by atoms with van der Waals surface area (Å²) in [6.45, 7) is 5.15. The first-order valence-electron chi connectivity index (χ1n) is 17.3. The smallest absolute Gasteiger partial charge is 0.314 e. The number of hydrogen-bond donors (Lipinski definition) is 3. The normalized spacial score (nSPS) is 11.9. The van der Waals surface area contributed by atoms with Crippen LogP contribution >= 0.6 is 0 Å². The van der Waals surface area contributed by atoms with Crippen molar-refractivity contribution in [2.24, 2.45) is 0 Å². The Balaban J connectivity index is 1.21. The Hall–Kier alpha value is -5.87. The SMILES string of the molecule is Cc1cc(CNCCOCCNC(=O)NCCS(C)(=O)=O)c(OCc2cncc(C#N)c2)cc1OCc1cccc(-c2ccc3c(c2)OCCO3)c1C#N. The molecule has 1 aliphatic rings. The summed E-state index contributed by atoms with van der Waals surface area (Å²) in [4.78, 5) is 15.9. The number of nitrogens with zero attached hydrogens (tertiary/aromatic N) is 3. The van der Waals surface area contributed by atoms with Gasteiger partial charge in [0.25, 0.3) is 0 Å². The second kappa shape index (κ2) is 19.3. The van der Waals surface area contributed by atoms with Crippen LogP contribution in [0.1, 0.15) is 33.4 Å². The second-order valence-electron chi connectivity index (χ2n) is 12.4. The van der Waals surface area contributed by atoms with Crippen LogP contribution in [0.4, 0.5) is 4.79 Å². The van der Waals surface area contributed by atoms with E-state index >= 15 is 0 Å². The minimum absolute atomic E-state index is 0.0378. The summed E-state index contributed by atoms with van der Waals surface area (Å²) in [5.41, 5.74) is 5.72. The molecule has 0 saturated heterocycles. The Kier molecular flexibility index (Phi) is 14.0. The van der Waals surface area contributed by atoms with Gasteiger partial charge in [-0.05, 0) is 47.9 Å². The number of aromatic nitrogens is 1. The quantitative estimate of drug-likeness (QED) is 0.123. The van der Waals surface area contributed by atoms with Crippen LogP contribution in [-0.4, -0.2) is 77.5 Å². The largest absolute Gasteiger partial charge is 0.488 e. The molecule has 0 unspecified atom stereocenters. The molecule has 15 heteroatoms. The lowest BCUT2D eigenvalue weighted by atomic mass is 9.96. The number of nitrogens with one attached hydrogen (secondary N) is 3. The van der Waals surface area contributed by atoms with Crippen LogP contribution in [-0.2, 0) is 34.3 Å². The van der Waals surface area contributed by atoms with E-state index in [1.807, 2.05) is 55.5 Å². The van der Waals surface area contributed by atoms with E-state index in [-0.39, 0.29) is 38.7 Å². The van der Waals surface area contributed by atoms with Crippen LogP contribution < -0.4 is 34.9 Å². The molecule has 54 heavy (non-hydrogen) atoms. The summed E-state index contributed by atoms with van der Waals surface area (Å²) in [5.74, 6) is 2.35. The molecule has 0 fully saturated rings. The van der Waals surface area contributed by atoms with Crippen LogP contribution in [0.25, 0.3) is 11.1 Å². The van der Waals surface area contributed by atoms with Crippen molar-refractivity contribution in [2.45, 2.75) is 26.7 Å². The van der Waals surface area contributed by atoms with Crippen molar-refractivity contribution < 1.29 is 36.9 Å². The van der Waals surface area contributed by atoms with Crippen molar-refractivity contribution in [2.75, 3.05) is 58.1 Å². The molecule has 0 atom stereocenters. The molecule has 3 N–H and O–H groups in total. The monoisotopic (exact) mass is 754 g/mol. The Morgan fingerprint density at radius 1 is 0.870 bits per heavy atom. The van der Waals surface area contributed by atoms with E-state index in [9.17, 15) is 23.7 Å². The molecule has 3 aromatic carbocycles. The molecule has 4 aromatic rings. The minimum Gasteiger partial charge on any atom is -0.488 e. The molecule has 0 spiro atoms. The highest BCUT2D eigenvalue weighted by molar-refractivity contribution is 7.90. The lowest BCUT2D eigenvalue weighted by molar-refractivity contribution is 0.138. The van der Waals surface area contributed by atoms with Gasteiger partial charge in [0.05, 0.1) is 30.1 Å². The van der Waals surface area contributed by atoms with Crippen LogP contribution in [0.2, 0.25) is 0 Å². The molecule has 5 rings (SSSR count). The third-order valence-corrected chi connectivity index (χ3v) is 9.15. The summed E-state index contributed by atoms with van der Waals surface area (Å²) in [7, 11) is -3.15. The van der Waals surface area contributed by atoms with Gasteiger partial charge in [-0.1, -0.05) is 24.3 Å². The maximum atomic E-state index is 11.8. The van der Waals surface area contributed by atoms with Gasteiger partial charge in [0.15, 0.2) is 11.5 Å². The van der Waals surface area contributed by atoms with Crippen LogP contribution in [0.3, 0.4) is 0 Å². The first-order valence-corrected chi connectivity index (χ1v) is 19.3. The zero-order valence-electron chi connectivity index (χ0n) is 30.1. The van der Waals surface area contributed by atoms with E-state index in [4.69, 9.17) is 23.7 Å². The van der Waals surface area contributed by atoms with Gasteiger partial charge in [-0.3, -0.25) is 4.98 Å². The first-order chi connectivity index (χ1) is 26.1. The van der Waals surface area contributed by atoms with Gasteiger partial charge in [0, 0.05) is 67.6 Å². The van der Waals surface area contributed by atoms with Crippen molar-refractivity contribution >= 4 is 15.9 Å². The fraction of sp³-hybridized carbons (Fsp3) is 0.333. The zero-order chi connectivity index (χ0) is 38.3. The average molecular weight is 755 g/mol. The number of carbonyl (C=O) groups excluding carboxylic acids is 1. The van der Waals surface area contributed by atoms with Crippen molar-refractivity contribution in [1.29, 1.82) is 10.5 Å². The van der Waals surface area contributed by atoms with Crippen molar-refractivity contribution in [3.05, 3.63) is 100 Å². The predicted molar refractivity (Wildman–Crippen MR) is 200 cm³/mol. The summed E-state index contributed by atoms with van der Waals surface area (Å²) < 4.78 is 52.0. The number of ether oxygens (including phenoxy) is 5. The number of pyridine rings is 1. The second-order valence-corrected chi connectivity index (χ2v) is 14.7. The van der Waals surface area contributed by atoms with Crippen molar-refractivity contribution in [3.8, 4) is 46.3 Å². The Morgan fingerprint density at radius 2 is 1.65 bits per heavy atom. The number of benzene rings is 3. The van der Waals surface area contributed by atoms with E-state index in [1.54, 1.807) is 12.3 Å². The lowest BCUT2D eigenvalue weighted by Gasteiger charge is -2.19. The molecular formula is C39H42N6O8S. The van der Waals surface area contributed by atoms with Gasteiger partial charge in [-0.15, -0.1) is 0 Å². The minimum atomic E-state index is -3.15. The van der Waals surface area contributed by atoms with Crippen LogP contribution in [0, 0.1) is 29.6 Å². The Bertz CT molecular complexity index is 2130. The molecule has 1 aliphatic heterocycles. The fourth-order valence-corrected chi connectivity index (χ4v) is 6.00. The van der Waals surface area contributed by atoms with E-state index in [0.717, 1.165) is 39.6 Å². The van der Waals surface area contributed by atoms with E-state index in [1.165, 1.54) is 6.20 Å². The summed E-state index contributed by atoms with van der Waals surface area (Å²) in [6, 6.07) is 20.8. The van der Waals surface area contributed by atoms with Crippen LogP contribution in [0.15, 0.2) is 67.0 Å². The number of nitriles is 2. The molecule has 1 aromatic heterocycles. The molecule has 0 saturated carbocycles. The highest BCUT2D eigenvalue weighted by Crippen LogP contribution is 2.37. The summed E-state index contributed by atoms with van der Waals surface area (Å²) in [6.07, 6.45) is 4.25. The number of aryl methyl sites for hydroxylation is 1. The third kappa shape index (κ3) is 11.6. The van der Waals surface area contributed by atoms with Crippen molar-refractivity contribution in [3.63, 3.8) is 0 Å². The fourth-order valence-electron chi connectivity index (χ4n) is 5.52. The Morgan fingerprint density at radius 3 is 2.44 bits per heavy atom. The van der Waals surface area contributed by atoms with Gasteiger partial charge in [0.1, 0.15) is 59.9 Å². The summed E-state index contributed by atoms with van der Waals surface area (Å²) >= 11 is 0. The van der Waals surface area contributed by atoms with Crippen molar-refractivity contribution in [1.82, 2.24) is 20.9 Å².